The van der Waals surface area contributed by atoms with Gasteiger partial charge in [0.05, 0.1) is 5.69 Å². The molecule has 0 bridgehead atoms. The summed E-state index contributed by atoms with van der Waals surface area (Å²) in [4.78, 5) is 14.0. The van der Waals surface area contributed by atoms with E-state index in [4.69, 9.17) is 5.26 Å². The van der Waals surface area contributed by atoms with Crippen molar-refractivity contribution in [2.24, 2.45) is 0 Å². The molecule has 0 atom stereocenters. The third kappa shape index (κ3) is 5.97. The Kier molecular flexibility index (Phi) is 6.78. The first-order valence-electron chi connectivity index (χ1n) is 6.62. The molecule has 0 aromatic heterocycles. The summed E-state index contributed by atoms with van der Waals surface area (Å²) in [5, 5.41) is 24.0. The van der Waals surface area contributed by atoms with Crippen LogP contribution < -0.4 is 10.6 Å². The lowest BCUT2D eigenvalue weighted by Crippen LogP contribution is -2.20. The Morgan fingerprint density at radius 3 is 2.76 bits per heavy atom. The molecule has 112 valence electrons. The van der Waals surface area contributed by atoms with E-state index in [2.05, 4.69) is 15.5 Å². The van der Waals surface area contributed by atoms with Crippen molar-refractivity contribution in [2.75, 3.05) is 32.5 Å². The number of phenols is 1. The Labute approximate surface area is 124 Å². The van der Waals surface area contributed by atoms with Gasteiger partial charge in [0.25, 0.3) is 5.91 Å². The lowest BCUT2D eigenvalue weighted by atomic mass is 10.2. The first-order valence-corrected chi connectivity index (χ1v) is 6.62. The zero-order chi connectivity index (χ0) is 15.7. The van der Waals surface area contributed by atoms with E-state index in [1.807, 2.05) is 20.2 Å². The molecule has 0 aliphatic heterocycles. The smallest absolute Gasteiger partial charge is 0.267 e. The zero-order valence-corrected chi connectivity index (χ0v) is 12.3. The number of rotatable bonds is 7. The summed E-state index contributed by atoms with van der Waals surface area (Å²) < 4.78 is 0. The normalized spacial score (nSPS) is 11.0. The summed E-state index contributed by atoms with van der Waals surface area (Å²) in [5.74, 6) is -0.596. The number of benzene rings is 1. The molecule has 0 saturated heterocycles. The fraction of sp³-hybridized carbons (Fsp3) is 0.333. The van der Waals surface area contributed by atoms with Crippen LogP contribution in [0, 0.1) is 11.3 Å². The van der Waals surface area contributed by atoms with Gasteiger partial charge in [-0.3, -0.25) is 4.79 Å². The van der Waals surface area contributed by atoms with Gasteiger partial charge in [0, 0.05) is 12.7 Å². The highest BCUT2D eigenvalue weighted by molar-refractivity contribution is 6.07. The van der Waals surface area contributed by atoms with Gasteiger partial charge in [0.2, 0.25) is 0 Å². The minimum absolute atomic E-state index is 0.0388. The maximum atomic E-state index is 11.9. The average Bonchev–Trinajstić information content (AvgIpc) is 2.45. The number of nitrogens with zero attached hydrogens (tertiary/aromatic N) is 2. The number of nitriles is 1. The van der Waals surface area contributed by atoms with Crippen LogP contribution in [0.5, 0.6) is 5.75 Å². The summed E-state index contributed by atoms with van der Waals surface area (Å²) in [6.07, 6.45) is 2.30. The maximum absolute atomic E-state index is 11.9. The molecule has 21 heavy (non-hydrogen) atoms. The lowest BCUT2D eigenvalue weighted by molar-refractivity contribution is -0.112. The third-order valence-corrected chi connectivity index (χ3v) is 2.69. The summed E-state index contributed by atoms with van der Waals surface area (Å²) in [7, 11) is 3.96. The topological polar surface area (TPSA) is 88.4 Å². The van der Waals surface area contributed by atoms with Crippen molar-refractivity contribution in [3.63, 3.8) is 0 Å². The van der Waals surface area contributed by atoms with Crippen LogP contribution in [0.4, 0.5) is 5.69 Å². The molecular formula is C15H20N4O2. The van der Waals surface area contributed by atoms with Gasteiger partial charge in [-0.15, -0.1) is 0 Å². The van der Waals surface area contributed by atoms with Gasteiger partial charge in [0.15, 0.2) is 0 Å². The quantitative estimate of drug-likeness (QED) is 0.304. The SMILES string of the molecule is CN(C)CCCN/C=C(/C#N)C(=O)Nc1ccccc1O. The minimum Gasteiger partial charge on any atom is -0.506 e. The number of amides is 1. The van der Waals surface area contributed by atoms with Crippen molar-refractivity contribution in [2.45, 2.75) is 6.42 Å². The second-order valence-electron chi connectivity index (χ2n) is 4.75. The molecule has 0 aliphatic rings. The molecule has 0 saturated carbocycles. The van der Waals surface area contributed by atoms with E-state index in [9.17, 15) is 9.90 Å². The number of aromatic hydroxyl groups is 1. The highest BCUT2D eigenvalue weighted by Gasteiger charge is 2.10. The third-order valence-electron chi connectivity index (χ3n) is 2.69. The van der Waals surface area contributed by atoms with E-state index in [1.165, 1.54) is 12.3 Å². The molecule has 0 heterocycles. The molecule has 6 nitrogen and oxygen atoms in total. The van der Waals surface area contributed by atoms with Crippen molar-refractivity contribution in [3.05, 3.63) is 36.0 Å². The predicted molar refractivity (Wildman–Crippen MR) is 81.6 cm³/mol. The number of carbonyl (C=O) groups excluding carboxylic acids is 1. The van der Waals surface area contributed by atoms with E-state index in [1.54, 1.807) is 18.2 Å². The van der Waals surface area contributed by atoms with Crippen molar-refractivity contribution in [1.29, 1.82) is 5.26 Å². The van der Waals surface area contributed by atoms with Crippen LogP contribution in [0.1, 0.15) is 6.42 Å². The average molecular weight is 288 g/mol. The molecule has 0 fully saturated rings. The Balaban J connectivity index is 2.54. The molecular weight excluding hydrogens is 268 g/mol. The predicted octanol–water partition coefficient (Wildman–Crippen LogP) is 1.28. The Bertz CT molecular complexity index is 547. The molecule has 0 spiro atoms. The Morgan fingerprint density at radius 2 is 2.14 bits per heavy atom. The van der Waals surface area contributed by atoms with Gasteiger partial charge >= 0.3 is 0 Å². The molecule has 0 radical (unpaired) electrons. The van der Waals surface area contributed by atoms with Gasteiger partial charge in [-0.2, -0.15) is 5.26 Å². The van der Waals surface area contributed by atoms with Crippen LogP contribution in [0.15, 0.2) is 36.0 Å². The van der Waals surface area contributed by atoms with E-state index in [0.29, 0.717) is 6.54 Å². The van der Waals surface area contributed by atoms with E-state index in [0.717, 1.165) is 13.0 Å². The van der Waals surface area contributed by atoms with Crippen LogP contribution in [0.3, 0.4) is 0 Å². The standard InChI is InChI=1S/C15H20N4O2/c1-19(2)9-5-8-17-11-12(10-16)15(21)18-13-6-3-4-7-14(13)20/h3-4,6-7,11,17,20H,5,8-9H2,1-2H3,(H,18,21)/b12-11-. The van der Waals surface area contributed by atoms with E-state index >= 15 is 0 Å². The number of carbonyl (C=O) groups is 1. The summed E-state index contributed by atoms with van der Waals surface area (Å²) in [5.41, 5.74) is 0.236. The second kappa shape index (κ2) is 8.61. The largest absolute Gasteiger partial charge is 0.506 e. The minimum atomic E-state index is -0.556. The van der Waals surface area contributed by atoms with Crippen LogP contribution in [0.2, 0.25) is 0 Å². The molecule has 6 heteroatoms. The zero-order valence-electron chi connectivity index (χ0n) is 12.3. The molecule has 1 amide bonds. The number of anilines is 1. The number of hydrogen-bond acceptors (Lipinski definition) is 5. The number of phenolic OH excluding ortho intramolecular Hbond substituents is 1. The molecule has 3 N–H and O–H groups in total. The van der Waals surface area contributed by atoms with Gasteiger partial charge in [-0.1, -0.05) is 12.1 Å². The lowest BCUT2D eigenvalue weighted by Gasteiger charge is -2.09. The van der Waals surface area contributed by atoms with Gasteiger partial charge in [-0.25, -0.2) is 0 Å². The highest BCUT2D eigenvalue weighted by Crippen LogP contribution is 2.21. The number of para-hydroxylation sites is 2. The van der Waals surface area contributed by atoms with Crippen LogP contribution in [-0.4, -0.2) is 43.1 Å². The number of hydrogen-bond donors (Lipinski definition) is 3. The van der Waals surface area contributed by atoms with Crippen molar-refractivity contribution >= 4 is 11.6 Å². The highest BCUT2D eigenvalue weighted by atomic mass is 16.3. The van der Waals surface area contributed by atoms with Gasteiger partial charge in [0.1, 0.15) is 17.4 Å². The van der Waals surface area contributed by atoms with Crippen molar-refractivity contribution in [3.8, 4) is 11.8 Å². The molecule has 0 aliphatic carbocycles. The van der Waals surface area contributed by atoms with Crippen molar-refractivity contribution in [1.82, 2.24) is 10.2 Å². The first kappa shape index (κ1) is 16.5. The summed E-state index contributed by atoms with van der Waals surface area (Å²) >= 11 is 0. The van der Waals surface area contributed by atoms with Crippen LogP contribution >= 0.6 is 0 Å². The fourth-order valence-electron chi connectivity index (χ4n) is 1.59. The van der Waals surface area contributed by atoms with E-state index in [-0.39, 0.29) is 17.0 Å². The van der Waals surface area contributed by atoms with Crippen LogP contribution in [0.25, 0.3) is 0 Å². The van der Waals surface area contributed by atoms with Crippen LogP contribution in [-0.2, 0) is 4.79 Å². The maximum Gasteiger partial charge on any atom is 0.267 e. The molecule has 1 aromatic rings. The Hall–Kier alpha value is -2.52. The second-order valence-corrected chi connectivity index (χ2v) is 4.75. The van der Waals surface area contributed by atoms with Gasteiger partial charge < -0.3 is 20.6 Å². The van der Waals surface area contributed by atoms with Crippen molar-refractivity contribution < 1.29 is 9.90 Å². The Morgan fingerprint density at radius 1 is 1.43 bits per heavy atom. The van der Waals surface area contributed by atoms with E-state index < -0.39 is 5.91 Å². The molecule has 1 rings (SSSR count). The first-order chi connectivity index (χ1) is 10.0. The monoisotopic (exact) mass is 288 g/mol. The number of nitrogens with one attached hydrogen (secondary N) is 2. The fourth-order valence-corrected chi connectivity index (χ4v) is 1.59. The summed E-state index contributed by atoms with van der Waals surface area (Å²) in [6, 6.07) is 8.20. The molecule has 1 aromatic carbocycles. The summed E-state index contributed by atoms with van der Waals surface area (Å²) in [6.45, 7) is 1.60. The molecule has 0 unspecified atom stereocenters. The van der Waals surface area contributed by atoms with Gasteiger partial charge in [-0.05, 0) is 39.2 Å².